The van der Waals surface area contributed by atoms with Gasteiger partial charge in [-0.3, -0.25) is 28.3 Å². The fourth-order valence-corrected chi connectivity index (χ4v) is 4.43. The van der Waals surface area contributed by atoms with Crippen LogP contribution in [0.1, 0.15) is 64.9 Å². The molecule has 0 atom stereocenters. The number of para-hydroxylation sites is 2. The van der Waals surface area contributed by atoms with Gasteiger partial charge >= 0.3 is 11.9 Å². The molecule has 0 aliphatic rings. The summed E-state index contributed by atoms with van der Waals surface area (Å²) in [6.07, 6.45) is 2.69. The van der Waals surface area contributed by atoms with E-state index in [1.807, 2.05) is 0 Å². The van der Waals surface area contributed by atoms with Crippen LogP contribution in [0.5, 0.6) is 0 Å². The minimum Gasteiger partial charge on any atom is -0.335 e. The zero-order chi connectivity index (χ0) is 30.0. The molecule has 2 amide bonds. The molecule has 2 heterocycles. The largest absolute Gasteiger partial charge is 0.362 e. The van der Waals surface area contributed by atoms with Crippen LogP contribution in [0.3, 0.4) is 0 Å². The number of carbonyl (C=O) groups is 6. The number of aromatic nitrogens is 2. The highest BCUT2D eigenvalue weighted by Crippen LogP contribution is 2.22. The number of carbonyl (C=O) groups excluding carboxylic acids is 6. The number of rotatable bonds is 4. The van der Waals surface area contributed by atoms with Gasteiger partial charge in [0.05, 0.1) is 33.3 Å². The molecule has 2 N–H and O–H groups in total. The average molecular weight is 567 g/mol. The molecule has 5 rings (SSSR count). The second kappa shape index (κ2) is 11.2. The molecule has 3 aromatic carbocycles. The summed E-state index contributed by atoms with van der Waals surface area (Å²) in [4.78, 5) is 84.5. The molecule has 0 fully saturated rings. The monoisotopic (exact) mass is 566 g/mol. The molecule has 0 aliphatic heterocycles. The first-order valence-electron chi connectivity index (χ1n) is 12.5. The summed E-state index contributed by atoms with van der Waals surface area (Å²) < 4.78 is 2.61. The number of nitrogens with one attached hydrogen (secondary N) is 2. The molecule has 0 radical (unpaired) electrons. The number of nitrogens with zero attached hydrogens (tertiary/aromatic N) is 2. The Kier molecular flexibility index (Phi) is 7.35. The van der Waals surface area contributed by atoms with Crippen LogP contribution in [-0.4, -0.2) is 44.7 Å². The van der Waals surface area contributed by atoms with Crippen molar-refractivity contribution < 1.29 is 38.4 Å². The highest BCUT2D eigenvalue weighted by molar-refractivity contribution is 6.10. The van der Waals surface area contributed by atoms with E-state index < -0.39 is 23.8 Å². The van der Waals surface area contributed by atoms with Gasteiger partial charge in [0.1, 0.15) is 0 Å². The van der Waals surface area contributed by atoms with Crippen molar-refractivity contribution in [1.82, 2.24) is 20.1 Å². The fraction of sp³-hybridized carbons (Fsp3) is 0.0667. The van der Waals surface area contributed by atoms with Gasteiger partial charge in [0, 0.05) is 37.0 Å². The third-order valence-electron chi connectivity index (χ3n) is 6.40. The van der Waals surface area contributed by atoms with Crippen LogP contribution in [0.25, 0.3) is 21.8 Å². The van der Waals surface area contributed by atoms with E-state index in [2.05, 4.69) is 11.0 Å². The molecule has 0 saturated heterocycles. The van der Waals surface area contributed by atoms with Crippen LogP contribution >= 0.6 is 0 Å². The first-order valence-corrected chi connectivity index (χ1v) is 12.5. The van der Waals surface area contributed by atoms with Gasteiger partial charge in [-0.05, 0) is 30.3 Å². The highest BCUT2D eigenvalue weighted by atomic mass is 16.7. The van der Waals surface area contributed by atoms with Gasteiger partial charge in [0.15, 0.2) is 0 Å². The van der Waals surface area contributed by atoms with Crippen LogP contribution in [0.2, 0.25) is 0 Å². The lowest BCUT2D eigenvalue weighted by atomic mass is 10.1. The van der Waals surface area contributed by atoms with Crippen molar-refractivity contribution in [2.24, 2.45) is 0 Å². The lowest BCUT2D eigenvalue weighted by Gasteiger charge is -2.08. The summed E-state index contributed by atoms with van der Waals surface area (Å²) in [5.74, 6) is -4.08. The zero-order valence-electron chi connectivity index (χ0n) is 22.2. The first-order chi connectivity index (χ1) is 20.2. The summed E-state index contributed by atoms with van der Waals surface area (Å²) in [6.45, 7) is 2.70. The Hall–Kier alpha value is -6.04. The number of amides is 2. The van der Waals surface area contributed by atoms with E-state index in [0.717, 1.165) is 6.07 Å². The van der Waals surface area contributed by atoms with E-state index >= 15 is 0 Å². The summed E-state index contributed by atoms with van der Waals surface area (Å²) in [5.41, 5.74) is 5.21. The van der Waals surface area contributed by atoms with Gasteiger partial charge < -0.3 is 9.68 Å². The van der Waals surface area contributed by atoms with Gasteiger partial charge in [-0.25, -0.2) is 9.59 Å². The van der Waals surface area contributed by atoms with Crippen LogP contribution < -0.4 is 11.0 Å². The summed E-state index contributed by atoms with van der Waals surface area (Å²) in [5, 5.41) is 0.970. The Morgan fingerprint density at radius 3 is 1.38 bits per heavy atom. The highest BCUT2D eigenvalue weighted by Gasteiger charge is 2.21. The van der Waals surface area contributed by atoms with Crippen LogP contribution in [-0.2, 0) is 9.68 Å². The Bertz CT molecular complexity index is 1800. The lowest BCUT2D eigenvalue weighted by Crippen LogP contribution is -2.28. The predicted molar refractivity (Wildman–Crippen MR) is 149 cm³/mol. The molecule has 0 bridgehead atoms. The number of hydrogen-bond acceptors (Lipinski definition) is 8. The maximum atomic E-state index is 12.7. The smallest absolute Gasteiger partial charge is 0.335 e. The van der Waals surface area contributed by atoms with Crippen molar-refractivity contribution >= 4 is 57.4 Å². The number of hydroxylamine groups is 2. The molecule has 12 nitrogen and oxygen atoms in total. The Morgan fingerprint density at radius 2 is 0.976 bits per heavy atom. The van der Waals surface area contributed by atoms with E-state index in [-0.39, 0.29) is 34.1 Å². The van der Waals surface area contributed by atoms with Crippen molar-refractivity contribution in [3.63, 3.8) is 0 Å². The van der Waals surface area contributed by atoms with Gasteiger partial charge in [-0.1, -0.05) is 42.5 Å². The zero-order valence-corrected chi connectivity index (χ0v) is 22.2. The van der Waals surface area contributed by atoms with Crippen molar-refractivity contribution in [3.05, 3.63) is 107 Å². The molecule has 5 aromatic rings. The van der Waals surface area contributed by atoms with Gasteiger partial charge in [-0.15, -0.1) is 0 Å². The third-order valence-corrected chi connectivity index (χ3v) is 6.40. The molecule has 12 heteroatoms. The van der Waals surface area contributed by atoms with E-state index in [9.17, 15) is 28.8 Å². The van der Waals surface area contributed by atoms with Crippen molar-refractivity contribution in [2.45, 2.75) is 13.8 Å². The topological polar surface area (TPSA) is 155 Å². The van der Waals surface area contributed by atoms with E-state index in [1.54, 1.807) is 48.5 Å². The van der Waals surface area contributed by atoms with Crippen LogP contribution in [0, 0.1) is 0 Å². The van der Waals surface area contributed by atoms with Gasteiger partial charge in [0.2, 0.25) is 11.8 Å². The SMILES string of the molecule is CC(=O)n1cc(C(=O)NOC(=O)c2cccc(C(=O)ONC(=O)c3cn(C(C)=O)c4ccccc34)c2)c2ccccc21. The van der Waals surface area contributed by atoms with E-state index in [4.69, 9.17) is 9.68 Å². The third kappa shape index (κ3) is 5.23. The molecule has 210 valence electrons. The Balaban J connectivity index is 1.24. The Morgan fingerprint density at radius 1 is 0.571 bits per heavy atom. The molecular weight excluding hydrogens is 544 g/mol. The molecule has 0 aliphatic carbocycles. The summed E-state index contributed by atoms with van der Waals surface area (Å²) >= 11 is 0. The number of fused-ring (bicyclic) bond motifs is 2. The molecular formula is C30H22N4O8. The molecule has 42 heavy (non-hydrogen) atoms. The molecule has 0 spiro atoms. The van der Waals surface area contributed by atoms with Crippen molar-refractivity contribution in [3.8, 4) is 0 Å². The van der Waals surface area contributed by atoms with E-state index in [0.29, 0.717) is 21.8 Å². The minimum atomic E-state index is -0.977. The van der Waals surface area contributed by atoms with Crippen molar-refractivity contribution in [2.75, 3.05) is 0 Å². The first kappa shape index (κ1) is 27.5. The molecule has 0 saturated carbocycles. The summed E-state index contributed by atoms with van der Waals surface area (Å²) in [7, 11) is 0. The van der Waals surface area contributed by atoms with Gasteiger partial charge in [0.25, 0.3) is 11.8 Å². The number of hydrogen-bond donors (Lipinski definition) is 2. The second-order valence-electron chi connectivity index (χ2n) is 9.12. The van der Waals surface area contributed by atoms with Gasteiger partial charge in [-0.2, -0.15) is 11.0 Å². The standard InChI is InChI=1S/C30H22N4O8/c1-17(35)33-15-23(21-10-3-5-12-25(21)33)27(37)31-41-29(39)19-8-7-9-20(14-19)30(40)42-32-28(38)24-16-34(18(2)36)26-13-6-4-11-22(24)26/h3-16H,1-2H3,(H,31,37)(H,32,38). The van der Waals surface area contributed by atoms with E-state index in [1.165, 1.54) is 53.6 Å². The van der Waals surface area contributed by atoms with Crippen LogP contribution in [0.4, 0.5) is 0 Å². The Labute approximate surface area is 237 Å². The predicted octanol–water partition coefficient (Wildman–Crippen LogP) is 3.92. The summed E-state index contributed by atoms with van der Waals surface area (Å²) in [6, 6.07) is 18.8. The normalized spacial score (nSPS) is 10.7. The molecule has 0 unspecified atom stereocenters. The number of benzene rings is 3. The fourth-order valence-electron chi connectivity index (χ4n) is 4.43. The van der Waals surface area contributed by atoms with Crippen LogP contribution in [0.15, 0.2) is 85.2 Å². The lowest BCUT2D eigenvalue weighted by molar-refractivity contribution is 0.0223. The quantitative estimate of drug-likeness (QED) is 0.310. The maximum Gasteiger partial charge on any atom is 0.362 e. The van der Waals surface area contributed by atoms with Crippen molar-refractivity contribution in [1.29, 1.82) is 0 Å². The average Bonchev–Trinajstić information content (AvgIpc) is 3.58. The maximum absolute atomic E-state index is 12.7. The minimum absolute atomic E-state index is 0.0910. The second-order valence-corrected chi connectivity index (χ2v) is 9.12. The molecule has 2 aromatic heterocycles.